The number of nitrogens with one attached hydrogen (secondary N) is 1. The largest absolute Gasteiger partial charge is 0.480 e. The van der Waals surface area contributed by atoms with E-state index in [0.29, 0.717) is 22.1 Å². The number of anilines is 1. The van der Waals surface area contributed by atoms with Gasteiger partial charge in [-0.1, -0.05) is 17.7 Å². The molecule has 3 aromatic rings. The van der Waals surface area contributed by atoms with Crippen LogP contribution in [0.3, 0.4) is 0 Å². The highest BCUT2D eigenvalue weighted by Crippen LogP contribution is 2.19. The van der Waals surface area contributed by atoms with Gasteiger partial charge in [-0.25, -0.2) is 4.98 Å². The third-order valence-electron chi connectivity index (χ3n) is 3.03. The van der Waals surface area contributed by atoms with E-state index in [2.05, 4.69) is 10.3 Å². The first-order valence-corrected chi connectivity index (χ1v) is 7.12. The third-order valence-corrected chi connectivity index (χ3v) is 3.27. The summed E-state index contributed by atoms with van der Waals surface area (Å²) in [7, 11) is 0. The minimum atomic E-state index is -0.257. The number of benzene rings is 1. The van der Waals surface area contributed by atoms with E-state index in [-0.39, 0.29) is 12.5 Å². The predicted molar refractivity (Wildman–Crippen MR) is 85.5 cm³/mol. The summed E-state index contributed by atoms with van der Waals surface area (Å²) in [6.07, 6.45) is 3.78. The van der Waals surface area contributed by atoms with Crippen LogP contribution in [0.2, 0.25) is 5.02 Å². The Morgan fingerprint density at radius 2 is 2.23 bits per heavy atom. The van der Waals surface area contributed by atoms with E-state index in [9.17, 15) is 4.79 Å². The van der Waals surface area contributed by atoms with Crippen molar-refractivity contribution in [2.75, 3.05) is 11.9 Å². The highest BCUT2D eigenvalue weighted by molar-refractivity contribution is 6.30. The molecule has 0 atom stereocenters. The topological polar surface area (TPSA) is 55.6 Å². The van der Waals surface area contributed by atoms with E-state index >= 15 is 0 Å². The molecule has 2 heterocycles. The first-order valence-electron chi connectivity index (χ1n) is 6.74. The Morgan fingerprint density at radius 3 is 3.05 bits per heavy atom. The van der Waals surface area contributed by atoms with Crippen LogP contribution in [0, 0.1) is 6.92 Å². The standard InChI is InChI=1S/C16H14ClN3O2/c1-11-9-20-7-3-6-14(16(20)18-11)22-10-15(21)19-13-5-2-4-12(17)8-13/h2-9H,10H2,1H3,(H,19,21). The molecule has 1 N–H and O–H groups in total. The van der Waals surface area contributed by atoms with E-state index in [0.717, 1.165) is 5.69 Å². The second kappa shape index (κ2) is 6.07. The average Bonchev–Trinajstić information content (AvgIpc) is 2.86. The fourth-order valence-corrected chi connectivity index (χ4v) is 2.32. The minimum Gasteiger partial charge on any atom is -0.480 e. The van der Waals surface area contributed by atoms with E-state index in [1.54, 1.807) is 30.3 Å². The lowest BCUT2D eigenvalue weighted by molar-refractivity contribution is -0.118. The van der Waals surface area contributed by atoms with Crippen molar-refractivity contribution in [3.05, 3.63) is 59.5 Å². The normalized spacial score (nSPS) is 10.6. The number of rotatable bonds is 4. The maximum Gasteiger partial charge on any atom is 0.262 e. The number of carbonyl (C=O) groups excluding carboxylic acids is 1. The van der Waals surface area contributed by atoms with Gasteiger partial charge in [-0.15, -0.1) is 0 Å². The van der Waals surface area contributed by atoms with Gasteiger partial charge < -0.3 is 14.5 Å². The van der Waals surface area contributed by atoms with Crippen molar-refractivity contribution in [1.29, 1.82) is 0 Å². The Morgan fingerprint density at radius 1 is 1.36 bits per heavy atom. The Balaban J connectivity index is 1.67. The smallest absolute Gasteiger partial charge is 0.262 e. The molecule has 0 aliphatic rings. The molecule has 0 aliphatic heterocycles. The summed E-state index contributed by atoms with van der Waals surface area (Å²) in [6.45, 7) is 1.81. The highest BCUT2D eigenvalue weighted by Gasteiger charge is 2.08. The van der Waals surface area contributed by atoms with Crippen LogP contribution in [0.25, 0.3) is 5.65 Å². The van der Waals surface area contributed by atoms with Crippen molar-refractivity contribution in [2.24, 2.45) is 0 Å². The molecule has 22 heavy (non-hydrogen) atoms. The number of hydrogen-bond donors (Lipinski definition) is 1. The van der Waals surface area contributed by atoms with Crippen LogP contribution in [-0.2, 0) is 4.79 Å². The van der Waals surface area contributed by atoms with Crippen LogP contribution < -0.4 is 10.1 Å². The van der Waals surface area contributed by atoms with Crippen molar-refractivity contribution in [3.63, 3.8) is 0 Å². The summed E-state index contributed by atoms with van der Waals surface area (Å²) in [5.41, 5.74) is 2.21. The number of aryl methyl sites for hydroxylation is 1. The van der Waals surface area contributed by atoms with Gasteiger partial charge in [0.1, 0.15) is 0 Å². The molecule has 0 spiro atoms. The maximum atomic E-state index is 11.9. The van der Waals surface area contributed by atoms with Crippen LogP contribution in [-0.4, -0.2) is 21.9 Å². The number of fused-ring (bicyclic) bond motifs is 1. The summed E-state index contributed by atoms with van der Waals surface area (Å²) in [4.78, 5) is 16.3. The number of aromatic nitrogens is 2. The summed E-state index contributed by atoms with van der Waals surface area (Å²) in [5, 5.41) is 3.30. The highest BCUT2D eigenvalue weighted by atomic mass is 35.5. The molecule has 0 saturated carbocycles. The average molecular weight is 316 g/mol. The van der Waals surface area contributed by atoms with Crippen molar-refractivity contribution in [1.82, 2.24) is 9.38 Å². The van der Waals surface area contributed by atoms with Crippen LogP contribution in [0.1, 0.15) is 5.69 Å². The minimum absolute atomic E-state index is 0.0991. The summed E-state index contributed by atoms with van der Waals surface area (Å²) < 4.78 is 7.43. The predicted octanol–water partition coefficient (Wildman–Crippen LogP) is 3.31. The van der Waals surface area contributed by atoms with Gasteiger partial charge >= 0.3 is 0 Å². The van der Waals surface area contributed by atoms with Crippen LogP contribution >= 0.6 is 11.6 Å². The molecule has 0 unspecified atom stereocenters. The zero-order valence-corrected chi connectivity index (χ0v) is 12.7. The molecule has 5 nitrogen and oxygen atoms in total. The second-order valence-corrected chi connectivity index (χ2v) is 5.27. The van der Waals surface area contributed by atoms with Crippen LogP contribution in [0.4, 0.5) is 5.69 Å². The summed E-state index contributed by atoms with van der Waals surface area (Å²) in [6, 6.07) is 10.6. The fraction of sp³-hybridized carbons (Fsp3) is 0.125. The molecule has 112 valence electrons. The molecule has 0 fully saturated rings. The fourth-order valence-electron chi connectivity index (χ4n) is 2.13. The lowest BCUT2D eigenvalue weighted by Gasteiger charge is -2.08. The lowest BCUT2D eigenvalue weighted by atomic mass is 10.3. The van der Waals surface area contributed by atoms with Crippen molar-refractivity contribution < 1.29 is 9.53 Å². The van der Waals surface area contributed by atoms with Crippen molar-refractivity contribution >= 4 is 28.8 Å². The number of amides is 1. The number of pyridine rings is 1. The number of ether oxygens (including phenoxy) is 1. The van der Waals surface area contributed by atoms with Gasteiger partial charge in [-0.3, -0.25) is 4.79 Å². The maximum absolute atomic E-state index is 11.9. The van der Waals surface area contributed by atoms with Crippen molar-refractivity contribution in [3.8, 4) is 5.75 Å². The molecule has 6 heteroatoms. The van der Waals surface area contributed by atoms with E-state index in [4.69, 9.17) is 16.3 Å². The third kappa shape index (κ3) is 3.20. The molecule has 0 saturated heterocycles. The monoisotopic (exact) mass is 315 g/mol. The van der Waals surface area contributed by atoms with Gasteiger partial charge in [0.15, 0.2) is 18.0 Å². The van der Waals surface area contributed by atoms with Gasteiger partial charge in [-0.05, 0) is 37.3 Å². The number of halogens is 1. The quantitative estimate of drug-likeness (QED) is 0.803. The Kier molecular flexibility index (Phi) is 3.98. The van der Waals surface area contributed by atoms with E-state index < -0.39 is 0 Å². The van der Waals surface area contributed by atoms with E-state index in [1.165, 1.54) is 0 Å². The number of hydrogen-bond acceptors (Lipinski definition) is 3. The zero-order chi connectivity index (χ0) is 15.5. The summed E-state index contributed by atoms with van der Waals surface area (Å²) in [5.74, 6) is 0.310. The lowest BCUT2D eigenvalue weighted by Crippen LogP contribution is -2.20. The first-order chi connectivity index (χ1) is 10.6. The van der Waals surface area contributed by atoms with Crippen molar-refractivity contribution in [2.45, 2.75) is 6.92 Å². The molecule has 3 rings (SSSR count). The molecule has 0 bridgehead atoms. The molecule has 2 aromatic heterocycles. The molecule has 0 radical (unpaired) electrons. The second-order valence-electron chi connectivity index (χ2n) is 4.83. The van der Waals surface area contributed by atoms with Gasteiger partial charge in [0.25, 0.3) is 5.91 Å². The van der Waals surface area contributed by atoms with Gasteiger partial charge in [-0.2, -0.15) is 0 Å². The van der Waals surface area contributed by atoms with Gasteiger partial charge in [0, 0.05) is 23.1 Å². The molecule has 1 aromatic carbocycles. The Bertz CT molecular complexity index is 829. The zero-order valence-electron chi connectivity index (χ0n) is 11.9. The van der Waals surface area contributed by atoms with Gasteiger partial charge in [0.05, 0.1) is 5.69 Å². The summed E-state index contributed by atoms with van der Waals surface area (Å²) >= 11 is 5.88. The SMILES string of the molecule is Cc1cn2cccc(OCC(=O)Nc3cccc(Cl)c3)c2n1. The first kappa shape index (κ1) is 14.4. The van der Waals surface area contributed by atoms with Gasteiger partial charge in [0.2, 0.25) is 0 Å². The number of carbonyl (C=O) groups is 1. The molecular weight excluding hydrogens is 302 g/mol. The Hall–Kier alpha value is -2.53. The van der Waals surface area contributed by atoms with E-state index in [1.807, 2.05) is 29.8 Å². The number of nitrogens with zero attached hydrogens (tertiary/aromatic N) is 2. The molecule has 0 aliphatic carbocycles. The van der Waals surface area contributed by atoms with Crippen LogP contribution in [0.15, 0.2) is 48.8 Å². The Labute approximate surface area is 132 Å². The molecule has 1 amide bonds. The van der Waals surface area contributed by atoms with Crippen LogP contribution in [0.5, 0.6) is 5.75 Å². The molecular formula is C16H14ClN3O2. The number of imidazole rings is 1.